The first-order valence-electron chi connectivity index (χ1n) is 2.68. The molecule has 0 atom stereocenters. The van der Waals surface area contributed by atoms with Gasteiger partial charge in [-0.05, 0) is 0 Å². The van der Waals surface area contributed by atoms with Gasteiger partial charge in [0.15, 0.2) is 0 Å². The number of benzene rings is 1. The zero-order valence-corrected chi connectivity index (χ0v) is 9.58. The molecule has 2 heteroatoms. The molecule has 0 radical (unpaired) electrons. The van der Waals surface area contributed by atoms with Gasteiger partial charge in [0.2, 0.25) is 0 Å². The quantitative estimate of drug-likeness (QED) is 0.537. The Morgan fingerprint density at radius 1 is 1.22 bits per heavy atom. The molecule has 0 spiro atoms. The Morgan fingerprint density at radius 2 is 1.78 bits per heavy atom. The molecule has 0 aliphatic heterocycles. The molecule has 0 saturated heterocycles. The summed E-state index contributed by atoms with van der Waals surface area (Å²) in [6.07, 6.45) is 0. The molecule has 0 aromatic heterocycles. The van der Waals surface area contributed by atoms with Crippen LogP contribution in [0.5, 0.6) is 0 Å². The Labute approximate surface area is 75.4 Å². The van der Waals surface area contributed by atoms with E-state index in [0.29, 0.717) is 0 Å². The summed E-state index contributed by atoms with van der Waals surface area (Å²) in [7, 11) is 0. The second kappa shape index (κ2) is 3.80. The number of rotatable bonds is 1. The average Bonchev–Trinajstić information content (AvgIpc) is 1.90. The van der Waals surface area contributed by atoms with Gasteiger partial charge in [0.1, 0.15) is 0 Å². The van der Waals surface area contributed by atoms with Crippen molar-refractivity contribution in [2.75, 3.05) is 0 Å². The predicted molar refractivity (Wildman–Crippen MR) is 50.6 cm³/mol. The summed E-state index contributed by atoms with van der Waals surface area (Å²) < 4.78 is 1.53. The van der Waals surface area contributed by atoms with Crippen LogP contribution >= 0.6 is 18.7 Å². The first kappa shape index (κ1) is 7.84. The molecule has 0 aliphatic rings. The van der Waals surface area contributed by atoms with E-state index in [0.717, 1.165) is 0 Å². The van der Waals surface area contributed by atoms with Crippen LogP contribution in [-0.2, 0) is 0 Å². The van der Waals surface area contributed by atoms with Crippen LogP contribution in [0, 0.1) is 6.92 Å². The molecule has 0 bridgehead atoms. The molecule has 1 rings (SSSR count). The van der Waals surface area contributed by atoms with Gasteiger partial charge in [-0.1, -0.05) is 0 Å². The Hall–Kier alpha value is 0.740. The van der Waals surface area contributed by atoms with Gasteiger partial charge in [-0.3, -0.25) is 0 Å². The molecular formula is C7H7ITe. The van der Waals surface area contributed by atoms with Gasteiger partial charge in [-0.25, -0.2) is 0 Å². The molecule has 0 saturated carbocycles. The van der Waals surface area contributed by atoms with Gasteiger partial charge in [0.25, 0.3) is 0 Å². The Morgan fingerprint density at radius 3 is 2.22 bits per heavy atom. The number of halogens is 1. The third-order valence-electron chi connectivity index (χ3n) is 1.11. The fraction of sp³-hybridized carbons (Fsp3) is 0.143. The summed E-state index contributed by atoms with van der Waals surface area (Å²) >= 11 is 2.61. The van der Waals surface area contributed by atoms with E-state index in [-0.39, 0.29) is 17.0 Å². The molecule has 0 fully saturated rings. The van der Waals surface area contributed by atoms with Crippen molar-refractivity contribution < 1.29 is 0 Å². The summed E-state index contributed by atoms with van der Waals surface area (Å²) in [5.41, 5.74) is 1.36. The summed E-state index contributed by atoms with van der Waals surface area (Å²) in [6.45, 7) is 2.12. The van der Waals surface area contributed by atoms with E-state index in [9.17, 15) is 0 Å². The van der Waals surface area contributed by atoms with E-state index in [1.165, 1.54) is 9.17 Å². The van der Waals surface area contributed by atoms with Crippen molar-refractivity contribution in [1.82, 2.24) is 0 Å². The van der Waals surface area contributed by atoms with Crippen LogP contribution in [0.15, 0.2) is 24.3 Å². The van der Waals surface area contributed by atoms with Crippen molar-refractivity contribution >= 4 is 39.3 Å². The molecular weight excluding hydrogens is 339 g/mol. The van der Waals surface area contributed by atoms with Crippen molar-refractivity contribution in [1.29, 1.82) is 0 Å². The third-order valence-corrected chi connectivity index (χ3v) is 5.81. The van der Waals surface area contributed by atoms with Crippen molar-refractivity contribution in [3.63, 3.8) is 0 Å². The molecule has 1 aromatic carbocycles. The number of hydrogen-bond donors (Lipinski definition) is 0. The molecule has 0 N–H and O–H groups in total. The zero-order chi connectivity index (χ0) is 6.69. The monoisotopic (exact) mass is 348 g/mol. The van der Waals surface area contributed by atoms with Gasteiger partial charge >= 0.3 is 76.0 Å². The molecule has 9 heavy (non-hydrogen) atoms. The van der Waals surface area contributed by atoms with Crippen LogP contribution in [0.1, 0.15) is 5.56 Å². The van der Waals surface area contributed by atoms with Crippen LogP contribution in [0.4, 0.5) is 0 Å². The van der Waals surface area contributed by atoms with E-state index in [2.05, 4.69) is 49.9 Å². The predicted octanol–water partition coefficient (Wildman–Crippen LogP) is 1.67. The standard InChI is InChI=1S/C7H7ITe/c1-6-2-4-7(9-8)5-3-6/h2-5H,1H3. The number of hydrogen-bond acceptors (Lipinski definition) is 0. The topological polar surface area (TPSA) is 0 Å². The molecule has 0 unspecified atom stereocenters. The van der Waals surface area contributed by atoms with Gasteiger partial charge in [0, 0.05) is 0 Å². The van der Waals surface area contributed by atoms with Crippen molar-refractivity contribution in [3.8, 4) is 0 Å². The Kier molecular flexibility index (Phi) is 3.31. The van der Waals surface area contributed by atoms with Gasteiger partial charge in [-0.15, -0.1) is 0 Å². The van der Waals surface area contributed by atoms with Gasteiger partial charge in [-0.2, -0.15) is 0 Å². The minimum absolute atomic E-state index is 0.113. The maximum absolute atomic E-state index is 2.50. The van der Waals surface area contributed by atoms with E-state index in [4.69, 9.17) is 0 Å². The second-order valence-electron chi connectivity index (χ2n) is 1.89. The second-order valence-corrected chi connectivity index (χ2v) is 6.63. The molecule has 48 valence electrons. The average molecular weight is 346 g/mol. The minimum atomic E-state index is 0.113. The summed E-state index contributed by atoms with van der Waals surface area (Å²) in [5, 5.41) is 0. The molecule has 0 heterocycles. The van der Waals surface area contributed by atoms with Crippen molar-refractivity contribution in [2.45, 2.75) is 6.92 Å². The Bertz CT molecular complexity index is 181. The van der Waals surface area contributed by atoms with Crippen LogP contribution in [0.2, 0.25) is 0 Å². The summed E-state index contributed by atoms with van der Waals surface area (Å²) in [6, 6.07) is 8.81. The number of aryl methyl sites for hydroxylation is 1. The molecule has 0 amide bonds. The van der Waals surface area contributed by atoms with E-state index < -0.39 is 0 Å². The SMILES string of the molecule is Cc1ccc([Te]I)cc1. The van der Waals surface area contributed by atoms with Gasteiger partial charge in [0.05, 0.1) is 0 Å². The van der Waals surface area contributed by atoms with E-state index in [1.54, 1.807) is 0 Å². The first-order valence-corrected chi connectivity index (χ1v) is 10.6. The third kappa shape index (κ3) is 2.45. The molecule has 0 nitrogen and oxygen atoms in total. The molecule has 1 aromatic rings. The van der Waals surface area contributed by atoms with Crippen molar-refractivity contribution in [3.05, 3.63) is 29.8 Å². The summed E-state index contributed by atoms with van der Waals surface area (Å²) in [4.78, 5) is 0. The van der Waals surface area contributed by atoms with E-state index in [1.807, 2.05) is 0 Å². The normalized spacial score (nSPS) is 9.56. The van der Waals surface area contributed by atoms with Crippen molar-refractivity contribution in [2.24, 2.45) is 0 Å². The maximum atomic E-state index is 2.50. The fourth-order valence-electron chi connectivity index (χ4n) is 0.590. The van der Waals surface area contributed by atoms with Crippen LogP contribution < -0.4 is 3.61 Å². The molecule has 0 aliphatic carbocycles. The van der Waals surface area contributed by atoms with Gasteiger partial charge < -0.3 is 0 Å². The van der Waals surface area contributed by atoms with E-state index >= 15 is 0 Å². The van der Waals surface area contributed by atoms with Crippen LogP contribution in [-0.4, -0.2) is 17.0 Å². The summed E-state index contributed by atoms with van der Waals surface area (Å²) in [5.74, 6) is 0. The van der Waals surface area contributed by atoms with Crippen LogP contribution in [0.25, 0.3) is 0 Å². The Balaban J connectivity index is 2.88. The fourth-order valence-corrected chi connectivity index (χ4v) is 3.24. The van der Waals surface area contributed by atoms with Crippen LogP contribution in [0.3, 0.4) is 0 Å². The zero-order valence-electron chi connectivity index (χ0n) is 5.10. The first-order chi connectivity index (χ1) is 4.33.